The molecule has 1 aromatic heterocycles. The number of nitrogens with one attached hydrogen (secondary N) is 3. The van der Waals surface area contributed by atoms with Crippen molar-refractivity contribution in [3.05, 3.63) is 81.9 Å². The van der Waals surface area contributed by atoms with Crippen LogP contribution in [-0.2, 0) is 20.9 Å². The lowest BCUT2D eigenvalue weighted by Gasteiger charge is -2.19. The van der Waals surface area contributed by atoms with Crippen molar-refractivity contribution in [2.45, 2.75) is 53.1 Å². The molecule has 0 saturated heterocycles. The third kappa shape index (κ3) is 8.13. The minimum Gasteiger partial charge on any atom is -0.497 e. The van der Waals surface area contributed by atoms with E-state index in [0.29, 0.717) is 41.4 Å². The molecule has 47 heavy (non-hydrogen) atoms. The molecule has 3 aromatic rings. The molecule has 0 spiro atoms. The summed E-state index contributed by atoms with van der Waals surface area (Å²) in [5, 5.41) is 5.75. The van der Waals surface area contributed by atoms with Crippen LogP contribution in [0.4, 0.5) is 10.1 Å². The van der Waals surface area contributed by atoms with E-state index in [9.17, 15) is 23.6 Å². The second-order valence-electron chi connectivity index (χ2n) is 11.4. The molecule has 4 rings (SSSR count). The third-order valence-corrected chi connectivity index (χ3v) is 8.39. The molecule has 250 valence electrons. The lowest BCUT2D eigenvalue weighted by Crippen LogP contribution is -2.45. The number of aryl methyl sites for hydroxylation is 1. The zero-order valence-corrected chi connectivity index (χ0v) is 27.5. The second kappa shape index (κ2) is 15.7. The Kier molecular flexibility index (Phi) is 11.7. The fraction of sp³-hybridized carbons (Fsp3) is 0.371. The number of amides is 4. The molecule has 1 aliphatic heterocycles. The van der Waals surface area contributed by atoms with Crippen LogP contribution in [0.15, 0.2) is 42.5 Å². The number of nitrogens with zero attached hydrogens (tertiary/aromatic N) is 2. The zero-order valence-electron chi connectivity index (χ0n) is 27.5. The largest absolute Gasteiger partial charge is 0.497 e. The van der Waals surface area contributed by atoms with E-state index in [-0.39, 0.29) is 41.5 Å². The van der Waals surface area contributed by atoms with Crippen LogP contribution in [0.25, 0.3) is 11.6 Å². The van der Waals surface area contributed by atoms with Gasteiger partial charge in [-0.3, -0.25) is 19.2 Å². The number of aromatic nitrogens is 1. The van der Waals surface area contributed by atoms with E-state index < -0.39 is 23.7 Å². The molecule has 1 atom stereocenters. The van der Waals surface area contributed by atoms with Crippen molar-refractivity contribution in [2.24, 2.45) is 5.73 Å². The molecule has 0 saturated carbocycles. The monoisotopic (exact) mass is 646 g/mol. The smallest absolute Gasteiger partial charge is 0.265 e. The minimum absolute atomic E-state index is 0.00565. The maximum absolute atomic E-state index is 14.4. The number of carbonyl (C=O) groups excluding carboxylic acids is 4. The molecule has 0 radical (unpaired) electrons. The Bertz CT molecular complexity index is 1660. The molecular weight excluding hydrogens is 603 g/mol. The van der Waals surface area contributed by atoms with E-state index in [1.165, 1.54) is 18.2 Å². The van der Waals surface area contributed by atoms with Gasteiger partial charge in [0.05, 0.1) is 30.0 Å². The first kappa shape index (κ1) is 35.1. The first-order valence-corrected chi connectivity index (χ1v) is 15.7. The van der Waals surface area contributed by atoms with Crippen LogP contribution in [0.2, 0.25) is 0 Å². The van der Waals surface area contributed by atoms with Gasteiger partial charge in [0.15, 0.2) is 0 Å². The first-order valence-electron chi connectivity index (χ1n) is 15.7. The Morgan fingerprint density at radius 1 is 1.09 bits per heavy atom. The number of rotatable bonds is 14. The normalized spacial score (nSPS) is 14.0. The number of hydrogen-bond acceptors (Lipinski definition) is 7. The molecule has 2 heterocycles. The molecule has 5 N–H and O–H groups in total. The Labute approximate surface area is 274 Å². The summed E-state index contributed by atoms with van der Waals surface area (Å²) >= 11 is 0. The molecule has 12 heteroatoms. The van der Waals surface area contributed by atoms with Crippen LogP contribution in [0.5, 0.6) is 5.75 Å². The number of carbonyl (C=O) groups is 4. The van der Waals surface area contributed by atoms with Crippen LogP contribution in [-0.4, -0.2) is 72.8 Å². The van der Waals surface area contributed by atoms with Crippen LogP contribution in [0, 0.1) is 19.7 Å². The van der Waals surface area contributed by atoms with Gasteiger partial charge < -0.3 is 31.0 Å². The number of fused-ring (bicyclic) bond motifs is 1. The number of nitrogens with two attached hydrogens (primary N) is 1. The van der Waals surface area contributed by atoms with E-state index in [1.54, 1.807) is 33.1 Å². The number of aromatic amines is 1. The van der Waals surface area contributed by atoms with Gasteiger partial charge in [0.25, 0.3) is 17.7 Å². The van der Waals surface area contributed by atoms with Gasteiger partial charge in [-0.15, -0.1) is 0 Å². The number of ether oxygens (including phenoxy) is 1. The predicted octanol–water partition coefficient (Wildman–Crippen LogP) is 3.69. The van der Waals surface area contributed by atoms with Crippen molar-refractivity contribution >= 4 is 41.0 Å². The van der Waals surface area contributed by atoms with Crippen molar-refractivity contribution in [2.75, 3.05) is 38.2 Å². The van der Waals surface area contributed by atoms with Gasteiger partial charge in [-0.2, -0.15) is 0 Å². The van der Waals surface area contributed by atoms with E-state index >= 15 is 0 Å². The van der Waals surface area contributed by atoms with Crippen molar-refractivity contribution in [3.8, 4) is 5.75 Å². The van der Waals surface area contributed by atoms with E-state index in [0.717, 1.165) is 36.2 Å². The highest BCUT2D eigenvalue weighted by Gasteiger charge is 2.39. The third-order valence-electron chi connectivity index (χ3n) is 8.39. The predicted molar refractivity (Wildman–Crippen MR) is 179 cm³/mol. The van der Waals surface area contributed by atoms with Gasteiger partial charge in [0.1, 0.15) is 11.6 Å². The Morgan fingerprint density at radius 2 is 1.79 bits per heavy atom. The number of imide groups is 1. The maximum Gasteiger partial charge on any atom is 0.265 e. The van der Waals surface area contributed by atoms with Crippen molar-refractivity contribution in [1.82, 2.24) is 20.5 Å². The van der Waals surface area contributed by atoms with Gasteiger partial charge >= 0.3 is 0 Å². The van der Waals surface area contributed by atoms with Gasteiger partial charge in [0.2, 0.25) is 5.91 Å². The average molecular weight is 647 g/mol. The highest BCUT2D eigenvalue weighted by atomic mass is 19.1. The van der Waals surface area contributed by atoms with Gasteiger partial charge in [-0.1, -0.05) is 26.0 Å². The summed E-state index contributed by atoms with van der Waals surface area (Å²) in [7, 11) is 1.57. The Balaban J connectivity index is 1.47. The van der Waals surface area contributed by atoms with E-state index in [2.05, 4.69) is 34.4 Å². The molecule has 1 aliphatic rings. The summed E-state index contributed by atoms with van der Waals surface area (Å²) in [5.41, 5.74) is 9.75. The van der Waals surface area contributed by atoms with Crippen LogP contribution < -0.4 is 26.0 Å². The number of methoxy groups -OCH3 is 1. The summed E-state index contributed by atoms with van der Waals surface area (Å²) < 4.78 is 19.6. The number of anilines is 1. The summed E-state index contributed by atoms with van der Waals surface area (Å²) in [6, 6.07) is 9.80. The highest BCUT2D eigenvalue weighted by Crippen LogP contribution is 2.39. The lowest BCUT2D eigenvalue weighted by atomic mass is 10.0. The van der Waals surface area contributed by atoms with Gasteiger partial charge in [0, 0.05) is 43.0 Å². The average Bonchev–Trinajstić information content (AvgIpc) is 3.50. The fourth-order valence-corrected chi connectivity index (χ4v) is 5.59. The minimum atomic E-state index is -1.16. The van der Waals surface area contributed by atoms with Crippen LogP contribution in [0.3, 0.4) is 0 Å². The van der Waals surface area contributed by atoms with Crippen molar-refractivity contribution < 1.29 is 28.3 Å². The van der Waals surface area contributed by atoms with Crippen molar-refractivity contribution in [3.63, 3.8) is 0 Å². The number of benzene rings is 2. The summed E-state index contributed by atoms with van der Waals surface area (Å²) in [6.45, 7) is 10.9. The molecule has 11 nitrogen and oxygen atoms in total. The molecule has 0 fully saturated rings. The SMILES string of the molecule is CCN(CC)CCNC(=O)c1c(C)[nH]c(/C=C2\C(=O)N(C(=O)C(N)CCC(=O)NCc3ccc(OC)cc3)c3ccc(F)cc32)c1C. The topological polar surface area (TPSA) is 150 Å². The number of halogens is 1. The number of H-pyrrole nitrogens is 1. The highest BCUT2D eigenvalue weighted by molar-refractivity contribution is 6.42. The second-order valence-corrected chi connectivity index (χ2v) is 11.4. The summed E-state index contributed by atoms with van der Waals surface area (Å²) in [5.74, 6) is -1.80. The lowest BCUT2D eigenvalue weighted by molar-refractivity contribution is -0.124. The Hall–Kier alpha value is -4.81. The summed E-state index contributed by atoms with van der Waals surface area (Å²) in [6.07, 6.45) is 1.49. The van der Waals surface area contributed by atoms with Gasteiger partial charge in [-0.25, -0.2) is 9.29 Å². The molecule has 1 unspecified atom stereocenters. The first-order chi connectivity index (χ1) is 22.5. The molecule has 2 aromatic carbocycles. The molecular formula is C35H43FN6O5. The van der Waals surface area contributed by atoms with Crippen LogP contribution >= 0.6 is 0 Å². The quantitative estimate of drug-likeness (QED) is 0.195. The molecule has 0 aliphatic carbocycles. The molecule has 0 bridgehead atoms. The zero-order chi connectivity index (χ0) is 34.2. The summed E-state index contributed by atoms with van der Waals surface area (Å²) in [4.78, 5) is 59.1. The number of hydrogen-bond donors (Lipinski definition) is 4. The van der Waals surface area contributed by atoms with Crippen molar-refractivity contribution in [1.29, 1.82) is 0 Å². The molecule has 4 amide bonds. The fourth-order valence-electron chi connectivity index (χ4n) is 5.59. The van der Waals surface area contributed by atoms with E-state index in [1.807, 2.05) is 12.1 Å². The standard InChI is InChI=1S/C35H43FN6O5/c1-6-41(7-2)17-16-38-33(44)32-21(3)29(40-22(32)4)19-27-26-18-24(36)10-14-30(26)42(34(27)45)35(46)28(37)13-15-31(43)39-20-23-8-11-25(47-5)12-9-23/h8-12,14,18-19,28,40H,6-7,13,15-17,20,37H2,1-5H3,(H,38,44)(H,39,43)/b27-19-. The Morgan fingerprint density at radius 3 is 2.45 bits per heavy atom. The van der Waals surface area contributed by atoms with Gasteiger partial charge in [-0.05, 0) is 80.9 Å². The van der Waals surface area contributed by atoms with Crippen LogP contribution in [0.1, 0.15) is 65.1 Å². The van der Waals surface area contributed by atoms with E-state index in [4.69, 9.17) is 10.5 Å². The maximum atomic E-state index is 14.4. The number of likely N-dealkylation sites (N-methyl/N-ethyl adjacent to an activating group) is 1.